The number of unbranched alkanes of at least 4 members (excludes halogenated alkanes) is 32. The summed E-state index contributed by atoms with van der Waals surface area (Å²) in [5.41, 5.74) is 0. The summed E-state index contributed by atoms with van der Waals surface area (Å²) in [6, 6.07) is -0.608. The van der Waals surface area contributed by atoms with Crippen LogP contribution in [0.1, 0.15) is 251 Å². The number of esters is 2. The topological polar surface area (TPSA) is 99.1 Å². The molecule has 2 unspecified atom stereocenters. The van der Waals surface area contributed by atoms with Gasteiger partial charge in [0, 0.05) is 19.3 Å². The largest absolute Gasteiger partial charge is 0.477 e. The van der Waals surface area contributed by atoms with Crippen molar-refractivity contribution >= 4 is 17.9 Å². The summed E-state index contributed by atoms with van der Waals surface area (Å²) in [5, 5.41) is 9.63. The highest BCUT2D eigenvalue weighted by atomic mass is 16.6. The first-order valence-corrected chi connectivity index (χ1v) is 25.1. The summed E-state index contributed by atoms with van der Waals surface area (Å²) in [5.74, 6) is -1.44. The molecular weight excluding hydrogens is 727 g/mol. The van der Waals surface area contributed by atoms with Gasteiger partial charge in [0.2, 0.25) is 0 Å². The summed E-state index contributed by atoms with van der Waals surface area (Å²) in [6.45, 7) is 4.78. The molecule has 0 saturated heterocycles. The van der Waals surface area contributed by atoms with Gasteiger partial charge in [-0.1, -0.05) is 219 Å². The molecule has 344 valence electrons. The molecule has 8 nitrogen and oxygen atoms in total. The minimum Gasteiger partial charge on any atom is -0.477 e. The van der Waals surface area contributed by atoms with Gasteiger partial charge in [0.15, 0.2) is 12.1 Å². The number of carbonyl (C=O) groups is 3. The van der Waals surface area contributed by atoms with Crippen LogP contribution in [0.4, 0.5) is 0 Å². The Balaban J connectivity index is 4.12. The molecule has 0 aliphatic rings. The van der Waals surface area contributed by atoms with Crippen LogP contribution in [0.5, 0.6) is 0 Å². The van der Waals surface area contributed by atoms with Crippen molar-refractivity contribution in [3.05, 3.63) is 0 Å². The third-order valence-corrected chi connectivity index (χ3v) is 11.8. The zero-order valence-electron chi connectivity index (χ0n) is 39.3. The van der Waals surface area contributed by atoms with E-state index in [2.05, 4.69) is 13.8 Å². The number of likely N-dealkylation sites (N-methyl/N-ethyl adjacent to an activating group) is 1. The van der Waals surface area contributed by atoms with Crippen LogP contribution in [0.25, 0.3) is 0 Å². The normalized spacial score (nSPS) is 12.8. The molecule has 0 bridgehead atoms. The van der Waals surface area contributed by atoms with Crippen molar-refractivity contribution in [3.8, 4) is 0 Å². The average molecular weight is 825 g/mol. The Hall–Kier alpha value is -1.67. The van der Waals surface area contributed by atoms with Crippen molar-refractivity contribution in [1.29, 1.82) is 0 Å². The first-order chi connectivity index (χ1) is 28.1. The fourth-order valence-corrected chi connectivity index (χ4v) is 7.86. The number of hydrogen-bond donors (Lipinski definition) is 1. The molecule has 1 N–H and O–H groups in total. The highest BCUT2D eigenvalue weighted by Gasteiger charge is 2.31. The Bertz CT molecular complexity index is 920. The van der Waals surface area contributed by atoms with Gasteiger partial charge in [-0.15, -0.1) is 0 Å². The molecule has 0 aromatic carbocycles. The van der Waals surface area contributed by atoms with E-state index in [-0.39, 0.29) is 36.2 Å². The molecule has 0 aliphatic carbocycles. The summed E-state index contributed by atoms with van der Waals surface area (Å²) < 4.78 is 17.3. The van der Waals surface area contributed by atoms with Crippen molar-refractivity contribution in [3.63, 3.8) is 0 Å². The van der Waals surface area contributed by atoms with Crippen LogP contribution in [0.2, 0.25) is 0 Å². The number of carbonyl (C=O) groups excluding carboxylic acids is 2. The zero-order chi connectivity index (χ0) is 42.8. The highest BCUT2D eigenvalue weighted by Crippen LogP contribution is 2.17. The summed E-state index contributed by atoms with van der Waals surface area (Å²) in [4.78, 5) is 37.0. The first kappa shape index (κ1) is 56.3. The number of ether oxygens (including phenoxy) is 3. The first-order valence-electron chi connectivity index (χ1n) is 25.1. The number of hydrogen-bond acceptors (Lipinski definition) is 6. The molecule has 0 amide bonds. The monoisotopic (exact) mass is 825 g/mol. The van der Waals surface area contributed by atoms with E-state index in [0.29, 0.717) is 19.3 Å². The quantitative estimate of drug-likeness (QED) is 0.0371. The van der Waals surface area contributed by atoms with E-state index in [1.807, 2.05) is 21.1 Å². The Kier molecular flexibility index (Phi) is 40.8. The molecule has 0 aromatic heterocycles. The molecule has 58 heavy (non-hydrogen) atoms. The fraction of sp³-hybridized carbons (Fsp3) is 0.940. The van der Waals surface area contributed by atoms with Crippen LogP contribution < -0.4 is 0 Å². The summed E-state index contributed by atoms with van der Waals surface area (Å²) in [7, 11) is 5.54. The van der Waals surface area contributed by atoms with Crippen LogP contribution in [-0.4, -0.2) is 80.6 Å². The van der Waals surface area contributed by atoms with Gasteiger partial charge in [0.05, 0.1) is 34.4 Å². The maximum Gasteiger partial charge on any atom is 0.362 e. The van der Waals surface area contributed by atoms with Crippen LogP contribution in [0, 0.1) is 0 Å². The average Bonchev–Trinajstić information content (AvgIpc) is 3.18. The van der Waals surface area contributed by atoms with E-state index in [1.165, 1.54) is 180 Å². The van der Waals surface area contributed by atoms with Crippen molar-refractivity contribution in [2.75, 3.05) is 41.0 Å². The van der Waals surface area contributed by atoms with Gasteiger partial charge < -0.3 is 23.8 Å². The van der Waals surface area contributed by atoms with Gasteiger partial charge in [-0.25, -0.2) is 4.79 Å². The van der Waals surface area contributed by atoms with Crippen LogP contribution in [0.15, 0.2) is 0 Å². The van der Waals surface area contributed by atoms with Gasteiger partial charge in [0.1, 0.15) is 6.61 Å². The predicted molar refractivity (Wildman–Crippen MR) is 243 cm³/mol. The van der Waals surface area contributed by atoms with Crippen molar-refractivity contribution < 1.29 is 38.2 Å². The predicted octanol–water partition coefficient (Wildman–Crippen LogP) is 14.1. The van der Waals surface area contributed by atoms with E-state index in [9.17, 15) is 19.5 Å². The minimum atomic E-state index is -0.870. The number of rotatable bonds is 46. The lowest BCUT2D eigenvalue weighted by Gasteiger charge is -2.31. The molecule has 2 atom stereocenters. The summed E-state index contributed by atoms with van der Waals surface area (Å²) in [6.07, 6.45) is 44.4. The lowest BCUT2D eigenvalue weighted by atomic mass is 10.0. The van der Waals surface area contributed by atoms with E-state index < -0.39 is 18.1 Å². The van der Waals surface area contributed by atoms with E-state index in [1.54, 1.807) is 0 Å². The van der Waals surface area contributed by atoms with E-state index >= 15 is 0 Å². The molecule has 0 aliphatic heterocycles. The van der Waals surface area contributed by atoms with E-state index in [0.717, 1.165) is 38.5 Å². The van der Waals surface area contributed by atoms with Crippen molar-refractivity contribution in [2.45, 2.75) is 264 Å². The number of carboxylic acids is 1. The molecule has 0 aromatic rings. The second-order valence-corrected chi connectivity index (χ2v) is 18.4. The maximum atomic E-state index is 12.7. The molecule has 0 rings (SSSR count). The Morgan fingerprint density at radius 2 is 0.759 bits per heavy atom. The minimum absolute atomic E-state index is 0.0416. The number of carboxylic acid groups (broad SMARTS) is 1. The number of aliphatic carboxylic acids is 1. The third-order valence-electron chi connectivity index (χ3n) is 11.8. The molecule has 8 heteroatoms. The highest BCUT2D eigenvalue weighted by molar-refractivity contribution is 5.72. The molecule has 0 saturated carbocycles. The fourth-order valence-electron chi connectivity index (χ4n) is 7.86. The lowest BCUT2D eigenvalue weighted by molar-refractivity contribution is -0.887. The molecule has 0 radical (unpaired) electrons. The van der Waals surface area contributed by atoms with Gasteiger partial charge in [-0.2, -0.15) is 0 Å². The smallest absolute Gasteiger partial charge is 0.362 e. The van der Waals surface area contributed by atoms with Gasteiger partial charge in [0.25, 0.3) is 0 Å². The SMILES string of the molecule is CCCCCCCCCCCCCCCCCCCCCCCCC(=O)OCC(COCCC(C(=O)O)[N+](C)(C)C)OC(=O)CCCCCCCCCCCCCC. The van der Waals surface area contributed by atoms with Crippen LogP contribution in [0.3, 0.4) is 0 Å². The van der Waals surface area contributed by atoms with Gasteiger partial charge >= 0.3 is 17.9 Å². The molecule has 0 spiro atoms. The van der Waals surface area contributed by atoms with Crippen molar-refractivity contribution in [1.82, 2.24) is 0 Å². The number of nitrogens with zero attached hydrogens (tertiary/aromatic N) is 1. The standard InChI is InChI=1S/C50H97NO7/c1-6-8-10-12-14-16-18-20-21-22-23-24-25-26-27-28-29-31-32-34-36-38-40-48(52)57-45-46(44-56-43-42-47(50(54)55)51(3,4)5)58-49(53)41-39-37-35-33-30-19-17-15-13-11-9-7-2/h46-47H,6-45H2,1-5H3/p+1. The summed E-state index contributed by atoms with van der Waals surface area (Å²) >= 11 is 0. The van der Waals surface area contributed by atoms with Crippen molar-refractivity contribution in [2.24, 2.45) is 0 Å². The zero-order valence-corrected chi connectivity index (χ0v) is 39.3. The van der Waals surface area contributed by atoms with E-state index in [4.69, 9.17) is 14.2 Å². The van der Waals surface area contributed by atoms with Gasteiger partial charge in [-0.05, 0) is 12.8 Å². The molecule has 0 fully saturated rings. The Morgan fingerprint density at radius 3 is 1.07 bits per heavy atom. The lowest BCUT2D eigenvalue weighted by Crippen LogP contribution is -2.50. The molecular formula is C50H98NO7+. The van der Waals surface area contributed by atoms with Crippen LogP contribution >= 0.6 is 0 Å². The van der Waals surface area contributed by atoms with Crippen LogP contribution in [-0.2, 0) is 28.6 Å². The Morgan fingerprint density at radius 1 is 0.448 bits per heavy atom. The Labute approximate surface area is 359 Å². The third kappa shape index (κ3) is 39.8. The second-order valence-electron chi connectivity index (χ2n) is 18.4. The second kappa shape index (κ2) is 42.0. The number of quaternary nitrogens is 1. The van der Waals surface area contributed by atoms with Gasteiger partial charge in [-0.3, -0.25) is 9.59 Å². The molecule has 0 heterocycles. The maximum absolute atomic E-state index is 12.7.